The summed E-state index contributed by atoms with van der Waals surface area (Å²) < 4.78 is 28.1. The van der Waals surface area contributed by atoms with E-state index in [9.17, 15) is 13.2 Å². The van der Waals surface area contributed by atoms with Crippen molar-refractivity contribution in [3.05, 3.63) is 29.8 Å². The van der Waals surface area contributed by atoms with Crippen molar-refractivity contribution in [2.24, 2.45) is 0 Å². The third-order valence-electron chi connectivity index (χ3n) is 3.47. The number of rotatable bonds is 4. The van der Waals surface area contributed by atoms with Crippen LogP contribution in [0.5, 0.6) is 0 Å². The van der Waals surface area contributed by atoms with Gasteiger partial charge in [0.15, 0.2) is 9.84 Å². The van der Waals surface area contributed by atoms with Crippen LogP contribution < -0.4 is 0 Å². The van der Waals surface area contributed by atoms with Gasteiger partial charge in [0, 0.05) is 0 Å². The zero-order valence-electron chi connectivity index (χ0n) is 10.5. The Hall–Kier alpha value is -1.36. The number of benzene rings is 1. The largest absolute Gasteiger partial charge is 0.468 e. The predicted octanol–water partition coefficient (Wildman–Crippen LogP) is 1.68. The average molecular weight is 268 g/mol. The highest BCUT2D eigenvalue weighted by Gasteiger charge is 2.52. The van der Waals surface area contributed by atoms with Gasteiger partial charge in [0.05, 0.1) is 23.2 Å². The normalized spacial score (nSPS) is 17.2. The Kier molecular flexibility index (Phi) is 3.19. The Morgan fingerprint density at radius 2 is 1.83 bits per heavy atom. The molecule has 1 aromatic carbocycles. The fourth-order valence-electron chi connectivity index (χ4n) is 2.08. The van der Waals surface area contributed by atoms with Crippen molar-refractivity contribution in [3.8, 4) is 0 Å². The first-order valence-corrected chi connectivity index (χ1v) is 7.53. The molecule has 98 valence electrons. The molecule has 0 N–H and O–H groups in total. The Bertz CT molecular complexity index is 553. The van der Waals surface area contributed by atoms with Gasteiger partial charge >= 0.3 is 5.97 Å². The first-order chi connectivity index (χ1) is 8.46. The van der Waals surface area contributed by atoms with Gasteiger partial charge in [-0.2, -0.15) is 0 Å². The fraction of sp³-hybridized carbons (Fsp3) is 0.462. The van der Waals surface area contributed by atoms with Crippen LogP contribution in [-0.2, 0) is 24.8 Å². The number of ether oxygens (including phenoxy) is 1. The average Bonchev–Trinajstić information content (AvgIpc) is 3.19. The highest BCUT2D eigenvalue weighted by molar-refractivity contribution is 7.91. The Balaban J connectivity index is 2.32. The van der Waals surface area contributed by atoms with Crippen molar-refractivity contribution in [1.82, 2.24) is 0 Å². The first-order valence-electron chi connectivity index (χ1n) is 5.88. The van der Waals surface area contributed by atoms with E-state index in [1.54, 1.807) is 31.2 Å². The fourth-order valence-corrected chi connectivity index (χ4v) is 2.96. The van der Waals surface area contributed by atoms with E-state index >= 15 is 0 Å². The van der Waals surface area contributed by atoms with Crippen molar-refractivity contribution in [2.45, 2.75) is 30.1 Å². The summed E-state index contributed by atoms with van der Waals surface area (Å²) in [6, 6.07) is 6.56. The van der Waals surface area contributed by atoms with Gasteiger partial charge in [-0.1, -0.05) is 19.1 Å². The minimum Gasteiger partial charge on any atom is -0.468 e. The van der Waals surface area contributed by atoms with E-state index in [2.05, 4.69) is 0 Å². The van der Waals surface area contributed by atoms with Crippen molar-refractivity contribution in [3.63, 3.8) is 0 Å². The highest BCUT2D eigenvalue weighted by atomic mass is 32.2. The van der Waals surface area contributed by atoms with Crippen LogP contribution in [-0.4, -0.2) is 27.2 Å². The molecule has 0 spiro atoms. The van der Waals surface area contributed by atoms with Crippen molar-refractivity contribution >= 4 is 15.8 Å². The smallest absolute Gasteiger partial charge is 0.316 e. The van der Waals surface area contributed by atoms with Gasteiger partial charge < -0.3 is 4.74 Å². The minimum atomic E-state index is -3.18. The maximum atomic E-state index is 11.7. The van der Waals surface area contributed by atoms with Crippen LogP contribution in [0.25, 0.3) is 0 Å². The van der Waals surface area contributed by atoms with E-state index in [-0.39, 0.29) is 11.7 Å². The molecule has 0 saturated heterocycles. The van der Waals surface area contributed by atoms with Gasteiger partial charge in [-0.15, -0.1) is 0 Å². The lowest BCUT2D eigenvalue weighted by Crippen LogP contribution is -2.21. The van der Waals surface area contributed by atoms with Crippen LogP contribution in [0.4, 0.5) is 0 Å². The molecule has 0 bridgehead atoms. The molecule has 2 rings (SSSR count). The molecule has 18 heavy (non-hydrogen) atoms. The van der Waals surface area contributed by atoms with Crippen LogP contribution in [0.3, 0.4) is 0 Å². The quantitative estimate of drug-likeness (QED) is 0.780. The Morgan fingerprint density at radius 3 is 2.22 bits per heavy atom. The Morgan fingerprint density at radius 1 is 1.28 bits per heavy atom. The zero-order valence-corrected chi connectivity index (χ0v) is 11.3. The molecule has 0 unspecified atom stereocenters. The summed E-state index contributed by atoms with van der Waals surface area (Å²) in [5.74, 6) is -0.164. The van der Waals surface area contributed by atoms with Crippen LogP contribution in [0.1, 0.15) is 25.3 Å². The van der Waals surface area contributed by atoms with E-state index in [1.807, 2.05) is 0 Å². The Labute approximate surface area is 107 Å². The van der Waals surface area contributed by atoms with E-state index in [0.29, 0.717) is 4.90 Å². The molecule has 1 aromatic rings. The minimum absolute atomic E-state index is 0.0779. The maximum absolute atomic E-state index is 11.7. The second-order valence-corrected chi connectivity index (χ2v) is 6.78. The number of hydrogen-bond donors (Lipinski definition) is 0. The SMILES string of the molecule is CCS(=O)(=O)c1ccc(C2(C(=O)OC)CC2)cc1. The second-order valence-electron chi connectivity index (χ2n) is 4.50. The number of sulfone groups is 1. The molecule has 0 atom stereocenters. The molecule has 0 heterocycles. The molecule has 5 heteroatoms. The molecule has 1 saturated carbocycles. The molecule has 0 amide bonds. The predicted molar refractivity (Wildman–Crippen MR) is 67.1 cm³/mol. The van der Waals surface area contributed by atoms with Gasteiger partial charge in [0.1, 0.15) is 0 Å². The number of esters is 1. The number of carbonyl (C=O) groups is 1. The number of hydrogen-bond acceptors (Lipinski definition) is 4. The third-order valence-corrected chi connectivity index (χ3v) is 5.22. The van der Waals surface area contributed by atoms with Gasteiger partial charge in [-0.3, -0.25) is 4.79 Å². The molecule has 1 aliphatic carbocycles. The van der Waals surface area contributed by atoms with Crippen LogP contribution in [0, 0.1) is 0 Å². The number of methoxy groups -OCH3 is 1. The summed E-state index contributed by atoms with van der Waals surface area (Å²) >= 11 is 0. The van der Waals surface area contributed by atoms with Crippen LogP contribution in [0.15, 0.2) is 29.2 Å². The number of carbonyl (C=O) groups excluding carboxylic acids is 1. The maximum Gasteiger partial charge on any atom is 0.316 e. The first kappa shape index (κ1) is 13.1. The van der Waals surface area contributed by atoms with Crippen molar-refractivity contribution in [2.75, 3.05) is 12.9 Å². The molecular weight excluding hydrogens is 252 g/mol. The van der Waals surface area contributed by atoms with E-state index in [0.717, 1.165) is 18.4 Å². The lowest BCUT2D eigenvalue weighted by Gasteiger charge is -2.13. The van der Waals surface area contributed by atoms with Crippen LogP contribution in [0.2, 0.25) is 0 Å². The van der Waals surface area contributed by atoms with E-state index < -0.39 is 15.3 Å². The molecule has 0 radical (unpaired) electrons. The standard InChI is InChI=1S/C13H16O4S/c1-3-18(15,16)11-6-4-10(5-7-11)13(8-9-13)12(14)17-2/h4-7H,3,8-9H2,1-2H3. The topological polar surface area (TPSA) is 60.4 Å². The summed E-state index contributed by atoms with van der Waals surface area (Å²) in [6.07, 6.45) is 1.53. The lowest BCUT2D eigenvalue weighted by molar-refractivity contribution is -0.143. The molecule has 1 aliphatic rings. The van der Waals surface area contributed by atoms with E-state index in [1.165, 1.54) is 7.11 Å². The monoisotopic (exact) mass is 268 g/mol. The second kappa shape index (κ2) is 4.39. The molecule has 0 aliphatic heterocycles. The van der Waals surface area contributed by atoms with Crippen molar-refractivity contribution < 1.29 is 17.9 Å². The van der Waals surface area contributed by atoms with Gasteiger partial charge in [-0.25, -0.2) is 8.42 Å². The van der Waals surface area contributed by atoms with Gasteiger partial charge in [0.25, 0.3) is 0 Å². The summed E-state index contributed by atoms with van der Waals surface area (Å²) in [4.78, 5) is 12.0. The third kappa shape index (κ3) is 2.03. The summed E-state index contributed by atoms with van der Waals surface area (Å²) in [6.45, 7) is 1.61. The van der Waals surface area contributed by atoms with E-state index in [4.69, 9.17) is 4.74 Å². The molecule has 0 aromatic heterocycles. The molecular formula is C13H16O4S. The van der Waals surface area contributed by atoms with Gasteiger partial charge in [-0.05, 0) is 30.5 Å². The molecule has 4 nitrogen and oxygen atoms in total. The zero-order chi connectivity index (χ0) is 13.4. The summed E-state index contributed by atoms with van der Waals surface area (Å²) in [5.41, 5.74) is 0.299. The van der Waals surface area contributed by atoms with Crippen molar-refractivity contribution in [1.29, 1.82) is 0 Å². The summed E-state index contributed by atoms with van der Waals surface area (Å²) in [5, 5.41) is 0. The highest BCUT2D eigenvalue weighted by Crippen LogP contribution is 2.49. The summed E-state index contributed by atoms with van der Waals surface area (Å²) in [7, 11) is -1.81. The van der Waals surface area contributed by atoms with Crippen LogP contribution >= 0.6 is 0 Å². The molecule has 1 fully saturated rings. The lowest BCUT2D eigenvalue weighted by atomic mass is 9.96. The van der Waals surface area contributed by atoms with Gasteiger partial charge in [0.2, 0.25) is 0 Å².